The van der Waals surface area contributed by atoms with Gasteiger partial charge in [0.15, 0.2) is 0 Å². The van der Waals surface area contributed by atoms with Crippen molar-refractivity contribution >= 4 is 18.7 Å². The van der Waals surface area contributed by atoms with Crippen LogP contribution < -0.4 is 10.4 Å². The summed E-state index contributed by atoms with van der Waals surface area (Å²) < 4.78 is 0. The van der Waals surface area contributed by atoms with Crippen LogP contribution in [0.15, 0.2) is 30.4 Å². The van der Waals surface area contributed by atoms with Gasteiger partial charge in [-0.25, -0.2) is 0 Å². The summed E-state index contributed by atoms with van der Waals surface area (Å²) in [6.07, 6.45) is 13.4. The second-order valence-corrected chi connectivity index (χ2v) is 4.74. The molecule has 1 aromatic rings. The maximum absolute atomic E-state index is 4.16. The summed E-state index contributed by atoms with van der Waals surface area (Å²) in [5.74, 6) is 0.464. The first-order valence-corrected chi connectivity index (χ1v) is 8.34. The maximum Gasteiger partial charge on any atom is -0.00728 e. The smallest absolute Gasteiger partial charge is 0.00728 e. The van der Waals surface area contributed by atoms with Crippen LogP contribution >= 0.6 is 0 Å². The van der Waals surface area contributed by atoms with Crippen LogP contribution in [0.4, 0.5) is 0 Å². The van der Waals surface area contributed by atoms with Gasteiger partial charge in [-0.3, -0.25) is 0 Å². The molecule has 0 saturated carbocycles. The van der Waals surface area contributed by atoms with Gasteiger partial charge in [-0.1, -0.05) is 77.6 Å². The molecule has 0 bridgehead atoms. The Labute approximate surface area is 131 Å². The molecule has 0 fully saturated rings. The molecule has 0 heterocycles. The maximum atomic E-state index is 4.16. The van der Waals surface area contributed by atoms with E-state index < -0.39 is 0 Å². The molecule has 2 rings (SSSR count). The number of hydrogen-bond donors (Lipinski definition) is 0. The van der Waals surface area contributed by atoms with E-state index in [-0.39, 0.29) is 0 Å². The van der Waals surface area contributed by atoms with E-state index in [0.717, 1.165) is 18.1 Å². The van der Waals surface area contributed by atoms with Gasteiger partial charge >= 0.3 is 0 Å². The number of fused-ring (bicyclic) bond motifs is 1. The summed E-state index contributed by atoms with van der Waals surface area (Å²) in [6, 6.07) is 4.51. The van der Waals surface area contributed by atoms with Crippen LogP contribution in [0.2, 0.25) is 0 Å². The summed E-state index contributed by atoms with van der Waals surface area (Å²) in [5, 5.41) is 2.41. The Hall–Kier alpha value is -1.56. The zero-order valence-electron chi connectivity index (χ0n) is 14.7. The molecule has 1 aromatic carbocycles. The second kappa shape index (κ2) is 11.1. The molecule has 1 aliphatic rings. The Morgan fingerprint density at radius 2 is 1.81 bits per heavy atom. The Kier molecular flexibility index (Phi) is 10.3. The third-order valence-electron chi connectivity index (χ3n) is 3.22. The lowest BCUT2D eigenvalue weighted by Crippen LogP contribution is -2.25. The van der Waals surface area contributed by atoms with Crippen molar-refractivity contribution in [3.05, 3.63) is 51.9 Å². The summed E-state index contributed by atoms with van der Waals surface area (Å²) in [4.78, 5) is 0. The minimum Gasteiger partial charge on any atom is -0.0912 e. The molecule has 116 valence electrons. The van der Waals surface area contributed by atoms with E-state index in [1.54, 1.807) is 0 Å². The van der Waals surface area contributed by atoms with Crippen molar-refractivity contribution in [3.8, 4) is 0 Å². The highest BCUT2D eigenvalue weighted by molar-refractivity contribution is 5.57. The molecular formula is C21H32. The highest BCUT2D eigenvalue weighted by Gasteiger charge is 2.03. The molecule has 1 aliphatic carbocycles. The van der Waals surface area contributed by atoms with Crippen molar-refractivity contribution in [3.63, 3.8) is 0 Å². The minimum atomic E-state index is 0.464. The molecule has 21 heavy (non-hydrogen) atoms. The van der Waals surface area contributed by atoms with E-state index in [1.165, 1.54) is 16.3 Å². The van der Waals surface area contributed by atoms with Gasteiger partial charge in [0.25, 0.3) is 0 Å². The number of hydrogen-bond acceptors (Lipinski definition) is 0. The van der Waals surface area contributed by atoms with Crippen molar-refractivity contribution in [1.29, 1.82) is 0 Å². The Bertz CT molecular complexity index is 558. The van der Waals surface area contributed by atoms with Crippen LogP contribution in [-0.2, 0) is 6.42 Å². The van der Waals surface area contributed by atoms with Crippen molar-refractivity contribution in [2.75, 3.05) is 0 Å². The van der Waals surface area contributed by atoms with E-state index in [0.29, 0.717) is 5.92 Å². The van der Waals surface area contributed by atoms with Crippen molar-refractivity contribution in [1.82, 2.24) is 0 Å². The first-order chi connectivity index (χ1) is 10.2. The lowest BCUT2D eigenvalue weighted by atomic mass is 9.95. The Morgan fingerprint density at radius 1 is 1.14 bits per heavy atom. The molecule has 0 saturated heterocycles. The monoisotopic (exact) mass is 284 g/mol. The fourth-order valence-electron chi connectivity index (χ4n) is 2.35. The molecule has 0 heteroatoms. The quantitative estimate of drug-likeness (QED) is 0.663. The zero-order chi connectivity index (χ0) is 16.3. The number of aryl methyl sites for hydroxylation is 1. The van der Waals surface area contributed by atoms with Crippen molar-refractivity contribution in [2.45, 2.75) is 54.4 Å². The number of allylic oxidation sites excluding steroid dienone is 3. The normalized spacial score (nSPS) is 14.7. The molecule has 0 spiro atoms. The lowest BCUT2D eigenvalue weighted by Gasteiger charge is -2.10. The van der Waals surface area contributed by atoms with E-state index in [1.807, 2.05) is 27.7 Å². The van der Waals surface area contributed by atoms with Gasteiger partial charge in [-0.15, -0.1) is 0 Å². The number of benzene rings is 1. The van der Waals surface area contributed by atoms with Crippen molar-refractivity contribution in [2.24, 2.45) is 5.92 Å². The Balaban J connectivity index is 0.000000921. The minimum absolute atomic E-state index is 0.464. The third-order valence-corrected chi connectivity index (χ3v) is 3.22. The topological polar surface area (TPSA) is 0 Å². The predicted molar refractivity (Wildman–Crippen MR) is 99.7 cm³/mol. The average Bonchev–Trinajstić information content (AvgIpc) is 2.52. The molecule has 1 atom stereocenters. The van der Waals surface area contributed by atoms with Gasteiger partial charge in [0.05, 0.1) is 0 Å². The van der Waals surface area contributed by atoms with Crippen LogP contribution in [0.3, 0.4) is 0 Å². The molecule has 0 amide bonds. The highest BCUT2D eigenvalue weighted by atomic mass is 14.1. The summed E-state index contributed by atoms with van der Waals surface area (Å²) in [5.41, 5.74) is 2.80. The molecule has 1 unspecified atom stereocenters. The molecule has 0 aromatic heterocycles. The summed E-state index contributed by atoms with van der Waals surface area (Å²) in [7, 11) is 0. The van der Waals surface area contributed by atoms with Crippen LogP contribution in [0.5, 0.6) is 0 Å². The van der Waals surface area contributed by atoms with Gasteiger partial charge in [0, 0.05) is 0 Å². The van der Waals surface area contributed by atoms with E-state index >= 15 is 0 Å². The van der Waals surface area contributed by atoms with E-state index in [2.05, 4.69) is 62.9 Å². The van der Waals surface area contributed by atoms with Gasteiger partial charge < -0.3 is 0 Å². The zero-order valence-corrected chi connectivity index (χ0v) is 14.7. The SMILES string of the molecule is C=c1cc2c(c/c1=C/C(C)/C=C\C)C=CCC2.CC.CC. The first-order valence-electron chi connectivity index (χ1n) is 8.34. The molecular weight excluding hydrogens is 252 g/mol. The predicted octanol–water partition coefficient (Wildman–Crippen LogP) is 5.10. The van der Waals surface area contributed by atoms with Crippen LogP contribution in [0.25, 0.3) is 18.7 Å². The van der Waals surface area contributed by atoms with Gasteiger partial charge in [0.2, 0.25) is 0 Å². The van der Waals surface area contributed by atoms with Gasteiger partial charge in [-0.05, 0) is 53.3 Å². The Morgan fingerprint density at radius 3 is 2.43 bits per heavy atom. The van der Waals surface area contributed by atoms with E-state index in [4.69, 9.17) is 0 Å². The molecule has 0 aliphatic heterocycles. The van der Waals surface area contributed by atoms with Crippen molar-refractivity contribution < 1.29 is 0 Å². The first kappa shape index (κ1) is 19.4. The fraction of sp³-hybridized carbons (Fsp3) is 0.429. The molecule has 0 nitrogen and oxygen atoms in total. The highest BCUT2D eigenvalue weighted by Crippen LogP contribution is 2.15. The standard InChI is InChI=1S/C17H20.2C2H6/c1-4-7-13(2)10-17-12-16-9-6-5-8-15(16)11-14(17)3;2*1-2/h4,6-7,9-13H,3,5,8H2,1-2H3;2*1-2H3/b7-4-,17-10-;;. The van der Waals surface area contributed by atoms with Crippen LogP contribution in [-0.4, -0.2) is 0 Å². The molecule has 0 N–H and O–H groups in total. The fourth-order valence-corrected chi connectivity index (χ4v) is 2.35. The summed E-state index contributed by atoms with van der Waals surface area (Å²) in [6.45, 7) is 16.4. The average molecular weight is 284 g/mol. The number of rotatable bonds is 2. The van der Waals surface area contributed by atoms with Crippen LogP contribution in [0.1, 0.15) is 59.1 Å². The largest absolute Gasteiger partial charge is 0.0912 e. The summed E-state index contributed by atoms with van der Waals surface area (Å²) >= 11 is 0. The van der Waals surface area contributed by atoms with Gasteiger partial charge in [0.1, 0.15) is 0 Å². The third kappa shape index (κ3) is 6.16. The molecule has 0 radical (unpaired) electrons. The second-order valence-electron chi connectivity index (χ2n) is 4.74. The van der Waals surface area contributed by atoms with Crippen LogP contribution in [0, 0.1) is 5.92 Å². The lowest BCUT2D eigenvalue weighted by molar-refractivity contribution is 0.974. The van der Waals surface area contributed by atoms with E-state index in [9.17, 15) is 0 Å². The van der Waals surface area contributed by atoms with Gasteiger partial charge in [-0.2, -0.15) is 0 Å².